The van der Waals surface area contributed by atoms with Crippen LogP contribution < -0.4 is 10.2 Å². The van der Waals surface area contributed by atoms with E-state index in [-0.39, 0.29) is 6.10 Å². The number of nitrogens with one attached hydrogen (secondary N) is 1. The molecule has 1 rings (SSSR count). The van der Waals surface area contributed by atoms with Gasteiger partial charge < -0.3 is 15.0 Å². The first-order valence-electron chi connectivity index (χ1n) is 7.40. The van der Waals surface area contributed by atoms with E-state index in [2.05, 4.69) is 56.9 Å². The van der Waals surface area contributed by atoms with E-state index in [1.54, 1.807) is 11.3 Å². The van der Waals surface area contributed by atoms with E-state index >= 15 is 0 Å². The summed E-state index contributed by atoms with van der Waals surface area (Å²) in [5.41, 5.74) is 1.14. The van der Waals surface area contributed by atoms with Gasteiger partial charge in [0.05, 0.1) is 18.4 Å². The summed E-state index contributed by atoms with van der Waals surface area (Å²) in [5.74, 6) is 0.679. The van der Waals surface area contributed by atoms with Gasteiger partial charge in [0, 0.05) is 25.0 Å². The number of hydrogen-bond acceptors (Lipinski definition) is 5. The van der Waals surface area contributed by atoms with Gasteiger partial charge in [0.2, 0.25) is 0 Å². The number of likely N-dealkylation sites (N-methyl/N-ethyl adjacent to an activating group) is 1. The van der Waals surface area contributed by atoms with Gasteiger partial charge >= 0.3 is 0 Å². The molecule has 1 aromatic rings. The largest absolute Gasteiger partial charge is 0.377 e. The molecule has 116 valence electrons. The lowest BCUT2D eigenvalue weighted by Crippen LogP contribution is -2.23. The minimum absolute atomic E-state index is 0.289. The fraction of sp³-hybridized carbons (Fsp3) is 0.800. The van der Waals surface area contributed by atoms with Crippen LogP contribution >= 0.6 is 11.3 Å². The van der Waals surface area contributed by atoms with Gasteiger partial charge in [-0.25, -0.2) is 4.98 Å². The van der Waals surface area contributed by atoms with Gasteiger partial charge in [0.25, 0.3) is 0 Å². The third-order valence-corrected chi connectivity index (χ3v) is 4.20. The highest BCUT2D eigenvalue weighted by atomic mass is 32.1. The Kier molecular flexibility index (Phi) is 7.48. The molecular formula is C15H29N3OS. The second-order valence-corrected chi connectivity index (χ2v) is 6.93. The van der Waals surface area contributed by atoms with Crippen LogP contribution in [-0.2, 0) is 11.3 Å². The third-order valence-electron chi connectivity index (χ3n) is 2.92. The molecule has 1 N–H and O–H groups in total. The van der Waals surface area contributed by atoms with Crippen molar-refractivity contribution < 1.29 is 4.74 Å². The van der Waals surface area contributed by atoms with Gasteiger partial charge in [-0.1, -0.05) is 13.8 Å². The maximum atomic E-state index is 5.59. The first-order chi connectivity index (χ1) is 9.40. The number of nitrogens with zero attached hydrogens (tertiary/aromatic N) is 2. The van der Waals surface area contributed by atoms with Crippen LogP contribution in [0.1, 0.15) is 38.3 Å². The molecule has 1 heterocycles. The summed E-state index contributed by atoms with van der Waals surface area (Å²) in [6, 6.07) is 0. The van der Waals surface area contributed by atoms with Crippen molar-refractivity contribution >= 4 is 16.5 Å². The molecule has 0 unspecified atom stereocenters. The lowest BCUT2D eigenvalue weighted by molar-refractivity contribution is 0.0846. The van der Waals surface area contributed by atoms with Crippen molar-refractivity contribution in [3.05, 3.63) is 10.6 Å². The first-order valence-corrected chi connectivity index (χ1v) is 8.21. The van der Waals surface area contributed by atoms with Crippen LogP contribution in [0.25, 0.3) is 0 Å². The summed E-state index contributed by atoms with van der Waals surface area (Å²) in [4.78, 5) is 8.16. The van der Waals surface area contributed by atoms with Crippen LogP contribution in [0.15, 0.2) is 0 Å². The Labute approximate surface area is 127 Å². The maximum absolute atomic E-state index is 5.59. The predicted molar refractivity (Wildman–Crippen MR) is 87.8 cm³/mol. The molecule has 20 heavy (non-hydrogen) atoms. The standard InChI is InChI=1S/C15H29N3OS/c1-11(2)9-16-10-14-13(5)17-15(20-14)18(6)7-8-19-12(3)4/h11-12,16H,7-10H2,1-6H3. The number of rotatable bonds is 9. The number of anilines is 1. The molecule has 0 aliphatic carbocycles. The molecule has 1 aromatic heterocycles. The number of hydrogen-bond donors (Lipinski definition) is 1. The van der Waals surface area contributed by atoms with E-state index in [4.69, 9.17) is 4.74 Å². The van der Waals surface area contributed by atoms with E-state index in [0.717, 1.165) is 37.1 Å². The summed E-state index contributed by atoms with van der Waals surface area (Å²) in [7, 11) is 2.08. The quantitative estimate of drug-likeness (QED) is 0.760. The van der Waals surface area contributed by atoms with Crippen LogP contribution in [-0.4, -0.2) is 37.8 Å². The first kappa shape index (κ1) is 17.4. The molecular weight excluding hydrogens is 270 g/mol. The molecule has 0 bridgehead atoms. The van der Waals surface area contributed by atoms with Crippen LogP contribution in [0.4, 0.5) is 5.13 Å². The second kappa shape index (κ2) is 8.60. The lowest BCUT2D eigenvalue weighted by atomic mass is 10.2. The van der Waals surface area contributed by atoms with Crippen molar-refractivity contribution in [2.75, 3.05) is 31.6 Å². The number of thiazole rings is 1. The van der Waals surface area contributed by atoms with Gasteiger partial charge in [-0.15, -0.1) is 11.3 Å². The van der Waals surface area contributed by atoms with Gasteiger partial charge in [-0.3, -0.25) is 0 Å². The fourth-order valence-corrected chi connectivity index (χ4v) is 2.75. The Hall–Kier alpha value is -0.650. The maximum Gasteiger partial charge on any atom is 0.185 e. The van der Waals surface area contributed by atoms with Crippen LogP contribution in [0.5, 0.6) is 0 Å². The topological polar surface area (TPSA) is 37.4 Å². The molecule has 0 saturated heterocycles. The minimum Gasteiger partial charge on any atom is -0.377 e. The Morgan fingerprint density at radius 2 is 2.00 bits per heavy atom. The van der Waals surface area contributed by atoms with Gasteiger partial charge in [0.15, 0.2) is 5.13 Å². The summed E-state index contributed by atoms with van der Waals surface area (Å²) < 4.78 is 5.59. The summed E-state index contributed by atoms with van der Waals surface area (Å²) in [6.07, 6.45) is 0.289. The van der Waals surface area contributed by atoms with Crippen molar-refractivity contribution in [3.63, 3.8) is 0 Å². The molecule has 0 aromatic carbocycles. The second-order valence-electron chi connectivity index (χ2n) is 5.87. The minimum atomic E-state index is 0.289. The van der Waals surface area contributed by atoms with E-state index in [0.29, 0.717) is 5.92 Å². The molecule has 0 aliphatic heterocycles. The third kappa shape index (κ3) is 6.20. The fourth-order valence-electron chi connectivity index (χ4n) is 1.74. The number of aryl methyl sites for hydroxylation is 1. The van der Waals surface area contributed by atoms with Crippen molar-refractivity contribution in [1.82, 2.24) is 10.3 Å². The summed E-state index contributed by atoms with van der Waals surface area (Å²) >= 11 is 1.77. The molecule has 0 atom stereocenters. The molecule has 0 saturated carbocycles. The zero-order valence-corrected chi connectivity index (χ0v) is 14.5. The van der Waals surface area contributed by atoms with E-state index < -0.39 is 0 Å². The normalized spacial score (nSPS) is 11.6. The smallest absolute Gasteiger partial charge is 0.185 e. The van der Waals surface area contributed by atoms with Crippen LogP contribution in [0.3, 0.4) is 0 Å². The monoisotopic (exact) mass is 299 g/mol. The molecule has 5 heteroatoms. The molecule has 0 fully saturated rings. The van der Waals surface area contributed by atoms with Crippen molar-refractivity contribution in [2.24, 2.45) is 5.92 Å². The van der Waals surface area contributed by atoms with Gasteiger partial charge in [-0.2, -0.15) is 0 Å². The van der Waals surface area contributed by atoms with E-state index in [9.17, 15) is 0 Å². The molecule has 0 amide bonds. The highest BCUT2D eigenvalue weighted by Crippen LogP contribution is 2.25. The molecule has 0 aliphatic rings. The Balaban J connectivity index is 2.46. The van der Waals surface area contributed by atoms with Gasteiger partial charge in [-0.05, 0) is 33.2 Å². The van der Waals surface area contributed by atoms with E-state index in [1.807, 2.05) is 0 Å². The number of aromatic nitrogens is 1. The predicted octanol–water partition coefficient (Wildman–Crippen LogP) is 3.06. The zero-order valence-electron chi connectivity index (χ0n) is 13.7. The van der Waals surface area contributed by atoms with Crippen molar-refractivity contribution in [2.45, 2.75) is 47.3 Å². The molecule has 0 radical (unpaired) electrons. The van der Waals surface area contributed by atoms with Gasteiger partial charge in [0.1, 0.15) is 0 Å². The average molecular weight is 299 g/mol. The zero-order chi connectivity index (χ0) is 15.1. The summed E-state index contributed by atoms with van der Waals surface area (Å²) in [6.45, 7) is 14.2. The Morgan fingerprint density at radius 1 is 1.30 bits per heavy atom. The van der Waals surface area contributed by atoms with Crippen molar-refractivity contribution in [3.8, 4) is 0 Å². The van der Waals surface area contributed by atoms with Crippen LogP contribution in [0.2, 0.25) is 0 Å². The molecule has 0 spiro atoms. The van der Waals surface area contributed by atoms with E-state index in [1.165, 1.54) is 4.88 Å². The van der Waals surface area contributed by atoms with Crippen molar-refractivity contribution in [1.29, 1.82) is 0 Å². The SMILES string of the molecule is Cc1nc(N(C)CCOC(C)C)sc1CNCC(C)C. The average Bonchev–Trinajstić information content (AvgIpc) is 2.70. The van der Waals surface area contributed by atoms with Crippen LogP contribution in [0, 0.1) is 12.8 Å². The number of ether oxygens (including phenoxy) is 1. The highest BCUT2D eigenvalue weighted by Gasteiger charge is 2.11. The molecule has 4 nitrogen and oxygen atoms in total. The highest BCUT2D eigenvalue weighted by molar-refractivity contribution is 7.15. The summed E-state index contributed by atoms with van der Waals surface area (Å²) in [5, 5.41) is 4.56. The Bertz CT molecular complexity index is 390. The Morgan fingerprint density at radius 3 is 2.60 bits per heavy atom. The lowest BCUT2D eigenvalue weighted by Gasteiger charge is -2.16.